The van der Waals surface area contributed by atoms with Gasteiger partial charge in [-0.1, -0.05) is 50.5 Å². The number of benzene rings is 1. The Morgan fingerprint density at radius 2 is 1.88 bits per heavy atom. The third-order valence-electron chi connectivity index (χ3n) is 6.54. The van der Waals surface area contributed by atoms with E-state index in [4.69, 9.17) is 4.74 Å². The van der Waals surface area contributed by atoms with Gasteiger partial charge in [-0.05, 0) is 75.1 Å². The lowest BCUT2D eigenvalue weighted by atomic mass is 9.84. The smallest absolute Gasteiger partial charge is 0.348 e. The summed E-state index contributed by atoms with van der Waals surface area (Å²) in [5.41, 5.74) is 2.03. The van der Waals surface area contributed by atoms with Crippen LogP contribution in [0.15, 0.2) is 36.4 Å². The third kappa shape index (κ3) is 7.25. The minimum atomic E-state index is -0.422. The van der Waals surface area contributed by atoms with E-state index < -0.39 is 6.10 Å². The molecule has 33 heavy (non-hydrogen) atoms. The van der Waals surface area contributed by atoms with Gasteiger partial charge in [0.2, 0.25) is 0 Å². The van der Waals surface area contributed by atoms with Gasteiger partial charge in [-0.3, -0.25) is 4.79 Å². The fourth-order valence-corrected chi connectivity index (χ4v) is 5.73. The summed E-state index contributed by atoms with van der Waals surface area (Å²) >= 11 is 1.51. The number of aliphatic hydroxyl groups is 1. The van der Waals surface area contributed by atoms with E-state index in [1.807, 2.05) is 50.2 Å². The van der Waals surface area contributed by atoms with Crippen LogP contribution in [-0.2, 0) is 16.0 Å². The van der Waals surface area contributed by atoms with Gasteiger partial charge >= 0.3 is 5.97 Å². The first-order valence-electron chi connectivity index (χ1n) is 12.5. The van der Waals surface area contributed by atoms with Gasteiger partial charge in [0.1, 0.15) is 10.7 Å². The van der Waals surface area contributed by atoms with Crippen molar-refractivity contribution in [1.82, 2.24) is 0 Å². The summed E-state index contributed by atoms with van der Waals surface area (Å²) in [6, 6.07) is 12.0. The number of carbonyl (C=O) groups is 2. The maximum Gasteiger partial charge on any atom is 0.348 e. The molecule has 3 rings (SSSR count). The van der Waals surface area contributed by atoms with Crippen molar-refractivity contribution in [3.8, 4) is 0 Å². The van der Waals surface area contributed by atoms with Gasteiger partial charge in [0.15, 0.2) is 0 Å². The average molecular weight is 471 g/mol. The van der Waals surface area contributed by atoms with Crippen molar-refractivity contribution in [2.24, 2.45) is 5.92 Å². The van der Waals surface area contributed by atoms with Crippen LogP contribution in [-0.4, -0.2) is 23.0 Å². The zero-order valence-corrected chi connectivity index (χ0v) is 21.0. The summed E-state index contributed by atoms with van der Waals surface area (Å²) < 4.78 is 5.28. The summed E-state index contributed by atoms with van der Waals surface area (Å²) in [7, 11) is 0. The van der Waals surface area contributed by atoms with Gasteiger partial charge in [0.25, 0.3) is 0 Å². The molecule has 0 radical (unpaired) electrons. The lowest BCUT2D eigenvalue weighted by Gasteiger charge is -2.20. The quantitative estimate of drug-likeness (QED) is 0.268. The number of aliphatic hydroxyl groups excluding tert-OH is 1. The zero-order chi connectivity index (χ0) is 23.8. The number of esters is 1. The number of unbranched alkanes of at least 4 members (excludes halogenated alkanes) is 2. The van der Waals surface area contributed by atoms with E-state index in [0.717, 1.165) is 62.5 Å². The number of thiophene rings is 1. The fourth-order valence-electron chi connectivity index (χ4n) is 4.79. The van der Waals surface area contributed by atoms with Crippen LogP contribution in [0, 0.1) is 5.92 Å². The van der Waals surface area contributed by atoms with Crippen LogP contribution in [0.3, 0.4) is 0 Å². The number of ether oxygens (including phenoxy) is 1. The first-order chi connectivity index (χ1) is 15.9. The molecule has 4 nitrogen and oxygen atoms in total. The third-order valence-corrected chi connectivity index (χ3v) is 7.67. The minimum Gasteiger partial charge on any atom is -0.459 e. The highest BCUT2D eigenvalue weighted by Crippen LogP contribution is 2.40. The monoisotopic (exact) mass is 470 g/mol. The highest BCUT2D eigenvalue weighted by atomic mass is 32.1. The van der Waals surface area contributed by atoms with Crippen LogP contribution in [0.1, 0.15) is 110 Å². The number of hydrogen-bond donors (Lipinski definition) is 1. The van der Waals surface area contributed by atoms with E-state index in [0.29, 0.717) is 23.0 Å². The van der Waals surface area contributed by atoms with Crippen LogP contribution in [0.5, 0.6) is 0 Å². The number of Topliss-reactive ketones (excluding diaryl/α,β-unsaturated/α-hetero) is 1. The van der Waals surface area contributed by atoms with Crippen LogP contribution >= 0.6 is 11.3 Å². The molecule has 1 aromatic carbocycles. The molecule has 1 saturated carbocycles. The first kappa shape index (κ1) is 25.6. The molecule has 2 aromatic rings. The summed E-state index contributed by atoms with van der Waals surface area (Å²) in [6.07, 6.45) is 8.10. The Bertz CT molecular complexity index is 899. The Hall–Kier alpha value is -1.98. The van der Waals surface area contributed by atoms with Crippen LogP contribution in [0.2, 0.25) is 0 Å². The Morgan fingerprint density at radius 3 is 2.58 bits per heavy atom. The summed E-state index contributed by atoms with van der Waals surface area (Å²) in [4.78, 5) is 26.6. The molecule has 0 aliphatic heterocycles. The molecule has 1 aromatic heterocycles. The maximum atomic E-state index is 12.7. The van der Waals surface area contributed by atoms with E-state index in [9.17, 15) is 14.7 Å². The molecule has 1 aliphatic rings. The highest BCUT2D eigenvalue weighted by molar-refractivity contribution is 7.13. The first-order valence-corrected chi connectivity index (χ1v) is 13.3. The van der Waals surface area contributed by atoms with Gasteiger partial charge in [-0.25, -0.2) is 4.79 Å². The molecular formula is C28H38O4S. The molecule has 1 heterocycles. The molecule has 1 N–H and O–H groups in total. The predicted molar refractivity (Wildman–Crippen MR) is 134 cm³/mol. The second-order valence-corrected chi connectivity index (χ2v) is 10.7. The molecule has 0 saturated heterocycles. The Labute approximate surface area is 202 Å². The van der Waals surface area contributed by atoms with E-state index in [-0.39, 0.29) is 18.0 Å². The lowest BCUT2D eigenvalue weighted by Crippen LogP contribution is -2.13. The van der Waals surface area contributed by atoms with Gasteiger partial charge in [-0.2, -0.15) is 0 Å². The molecule has 1 aliphatic carbocycles. The summed E-state index contributed by atoms with van der Waals surface area (Å²) in [5, 5.41) is 10.4. The summed E-state index contributed by atoms with van der Waals surface area (Å²) in [5.74, 6) is 0.423. The molecule has 1 fully saturated rings. The molecule has 5 heteroatoms. The highest BCUT2D eigenvalue weighted by Gasteiger charge is 2.35. The van der Waals surface area contributed by atoms with Crippen molar-refractivity contribution in [2.45, 2.75) is 96.7 Å². The van der Waals surface area contributed by atoms with E-state index in [1.165, 1.54) is 16.2 Å². The summed E-state index contributed by atoms with van der Waals surface area (Å²) in [6.45, 7) is 5.88. The minimum absolute atomic E-state index is 0.0313. The molecule has 1 unspecified atom stereocenters. The van der Waals surface area contributed by atoms with Crippen molar-refractivity contribution >= 4 is 23.1 Å². The predicted octanol–water partition coefficient (Wildman–Crippen LogP) is 7.01. The number of hydrogen-bond acceptors (Lipinski definition) is 5. The average Bonchev–Trinajstić information content (AvgIpc) is 3.40. The number of aryl methyl sites for hydroxylation is 1. The van der Waals surface area contributed by atoms with Crippen molar-refractivity contribution in [3.63, 3.8) is 0 Å². The SMILES string of the molecule is CCCCCC(O)c1ccc([C@H]2C(=O)CC[C@@H]2CCCc2ccc(C(=O)OC(C)C)s2)cc1. The Balaban J connectivity index is 1.54. The van der Waals surface area contributed by atoms with E-state index in [1.54, 1.807) is 0 Å². The van der Waals surface area contributed by atoms with E-state index in [2.05, 4.69) is 6.92 Å². The van der Waals surface area contributed by atoms with Gasteiger partial charge in [0.05, 0.1) is 12.2 Å². The largest absolute Gasteiger partial charge is 0.459 e. The van der Waals surface area contributed by atoms with Crippen LogP contribution in [0.4, 0.5) is 0 Å². The number of rotatable bonds is 12. The molecule has 0 amide bonds. The topological polar surface area (TPSA) is 63.6 Å². The zero-order valence-electron chi connectivity index (χ0n) is 20.2. The standard InChI is InChI=1S/C28H38O4S/c1-4-5-6-10-24(29)20-11-13-22(14-12-20)27-21(15-17-25(27)30)8-7-9-23-16-18-26(33-23)28(31)32-19(2)3/h11-14,16,18-19,21,24,27,29H,4-10,15,17H2,1-3H3/t21-,24?,27-/m0/s1. The fraction of sp³-hybridized carbons (Fsp3) is 0.571. The van der Waals surface area contributed by atoms with Crippen molar-refractivity contribution < 1.29 is 19.4 Å². The van der Waals surface area contributed by atoms with Crippen LogP contribution < -0.4 is 0 Å². The normalized spacial score (nSPS) is 19.2. The van der Waals surface area contributed by atoms with Crippen LogP contribution in [0.25, 0.3) is 0 Å². The van der Waals surface area contributed by atoms with Gasteiger partial charge in [-0.15, -0.1) is 11.3 Å². The van der Waals surface area contributed by atoms with Gasteiger partial charge < -0.3 is 9.84 Å². The molecule has 0 spiro atoms. The number of ketones is 1. The van der Waals surface area contributed by atoms with Crippen molar-refractivity contribution in [1.29, 1.82) is 0 Å². The second-order valence-electron chi connectivity index (χ2n) is 9.53. The lowest BCUT2D eigenvalue weighted by molar-refractivity contribution is -0.119. The molecule has 180 valence electrons. The van der Waals surface area contributed by atoms with Crippen molar-refractivity contribution in [3.05, 3.63) is 57.3 Å². The Kier molecular flexibility index (Phi) is 9.69. The van der Waals surface area contributed by atoms with Gasteiger partial charge in [0, 0.05) is 17.2 Å². The number of carbonyl (C=O) groups excluding carboxylic acids is 2. The molecular weight excluding hydrogens is 432 g/mol. The van der Waals surface area contributed by atoms with Crippen molar-refractivity contribution in [2.75, 3.05) is 0 Å². The molecule has 0 bridgehead atoms. The van der Waals surface area contributed by atoms with E-state index >= 15 is 0 Å². The second kappa shape index (κ2) is 12.5. The Morgan fingerprint density at radius 1 is 1.12 bits per heavy atom. The maximum absolute atomic E-state index is 12.7. The molecule has 3 atom stereocenters.